The molecule has 156 valence electrons. The fourth-order valence-corrected chi connectivity index (χ4v) is 5.10. The molecule has 0 radical (unpaired) electrons. The second-order valence-corrected chi connectivity index (χ2v) is 9.45. The summed E-state index contributed by atoms with van der Waals surface area (Å²) in [5, 5.41) is 3.19. The van der Waals surface area contributed by atoms with Crippen LogP contribution < -0.4 is 5.32 Å². The van der Waals surface area contributed by atoms with E-state index in [1.165, 1.54) is 0 Å². The number of esters is 1. The van der Waals surface area contributed by atoms with Crippen LogP contribution in [0.4, 0.5) is 0 Å². The van der Waals surface area contributed by atoms with Crippen molar-refractivity contribution < 1.29 is 27.2 Å². The highest BCUT2D eigenvalue weighted by atomic mass is 32.2. The Bertz CT molecular complexity index is 1230. The Balaban J connectivity index is 1.51. The molecule has 1 fully saturated rings. The van der Waals surface area contributed by atoms with E-state index in [1.807, 2.05) is 13.0 Å². The fraction of sp³-hybridized carbons (Fsp3) is 0.286. The quantitative estimate of drug-likeness (QED) is 0.620. The van der Waals surface area contributed by atoms with Gasteiger partial charge < -0.3 is 14.5 Å². The summed E-state index contributed by atoms with van der Waals surface area (Å²) in [4.78, 5) is 29.4. The van der Waals surface area contributed by atoms with Crippen molar-refractivity contribution in [2.24, 2.45) is 0 Å². The molecule has 30 heavy (non-hydrogen) atoms. The van der Waals surface area contributed by atoms with Gasteiger partial charge in [0.05, 0.1) is 22.6 Å². The number of para-hydroxylation sites is 1. The first-order valence-corrected chi connectivity index (χ1v) is 11.3. The van der Waals surface area contributed by atoms with E-state index in [0.29, 0.717) is 28.8 Å². The second-order valence-electron chi connectivity index (χ2n) is 7.23. The minimum absolute atomic E-state index is 0.0514. The summed E-state index contributed by atoms with van der Waals surface area (Å²) < 4.78 is 33.8. The number of pyridine rings is 1. The van der Waals surface area contributed by atoms with Crippen LogP contribution in [0.3, 0.4) is 0 Å². The predicted octanol–water partition coefficient (Wildman–Crippen LogP) is 2.26. The number of rotatable bonds is 5. The highest BCUT2D eigenvalue weighted by Crippen LogP contribution is 2.26. The van der Waals surface area contributed by atoms with E-state index in [-0.39, 0.29) is 17.1 Å². The average molecular weight is 428 g/mol. The average Bonchev–Trinajstić information content (AvgIpc) is 3.30. The molecular formula is C21H20N2O6S. The first-order chi connectivity index (χ1) is 14.3. The lowest BCUT2D eigenvalue weighted by molar-refractivity contribution is -0.124. The van der Waals surface area contributed by atoms with Crippen LogP contribution in [-0.4, -0.2) is 49.4 Å². The van der Waals surface area contributed by atoms with E-state index < -0.39 is 34.4 Å². The number of carbonyl (C=O) groups excluding carboxylic acids is 2. The number of hydrogen-bond donors (Lipinski definition) is 1. The molecule has 3 aromatic rings. The molecule has 2 aromatic heterocycles. The summed E-state index contributed by atoms with van der Waals surface area (Å²) in [7, 11) is -3.11. The van der Waals surface area contributed by atoms with Gasteiger partial charge in [-0.15, -0.1) is 0 Å². The molecule has 1 aliphatic rings. The van der Waals surface area contributed by atoms with Crippen LogP contribution >= 0.6 is 0 Å². The normalized spacial score (nSPS) is 17.7. The number of carbonyl (C=O) groups is 2. The third kappa shape index (κ3) is 4.35. The summed E-state index contributed by atoms with van der Waals surface area (Å²) in [5.74, 6) is -0.0104. The number of aromatic nitrogens is 1. The monoisotopic (exact) mass is 428 g/mol. The molecule has 1 N–H and O–H groups in total. The van der Waals surface area contributed by atoms with Crippen molar-refractivity contribution in [1.29, 1.82) is 0 Å². The van der Waals surface area contributed by atoms with Crippen LogP contribution in [0.1, 0.15) is 22.5 Å². The number of aryl methyl sites for hydroxylation is 1. The lowest BCUT2D eigenvalue weighted by atomic mass is 10.1. The topological polar surface area (TPSA) is 116 Å². The summed E-state index contributed by atoms with van der Waals surface area (Å²) in [6.07, 6.45) is 0.364. The number of hydrogen-bond acceptors (Lipinski definition) is 7. The van der Waals surface area contributed by atoms with Crippen LogP contribution in [0.2, 0.25) is 0 Å². The standard InChI is InChI=1S/C21H20N2O6S/c1-13-6-7-19(29-13)18-10-16(15-4-2-3-5-17(15)23-18)21(25)28-11-20(24)22-14-8-9-30(26,27)12-14/h2-7,10,14H,8-9,11-12H2,1H3,(H,22,24)/t14-/m1/s1. The molecule has 0 unspecified atom stereocenters. The highest BCUT2D eigenvalue weighted by Gasteiger charge is 2.29. The van der Waals surface area contributed by atoms with Crippen molar-refractivity contribution in [3.8, 4) is 11.5 Å². The fourth-order valence-electron chi connectivity index (χ4n) is 3.43. The van der Waals surface area contributed by atoms with Crippen LogP contribution in [0.25, 0.3) is 22.4 Å². The lowest BCUT2D eigenvalue weighted by Crippen LogP contribution is -2.38. The zero-order valence-corrected chi connectivity index (χ0v) is 17.1. The van der Waals surface area contributed by atoms with Gasteiger partial charge >= 0.3 is 5.97 Å². The molecular weight excluding hydrogens is 408 g/mol. The largest absolute Gasteiger partial charge is 0.460 e. The molecule has 3 heterocycles. The number of amides is 1. The number of nitrogens with one attached hydrogen (secondary N) is 1. The number of ether oxygens (including phenoxy) is 1. The van der Waals surface area contributed by atoms with Gasteiger partial charge in [0.2, 0.25) is 0 Å². The molecule has 0 saturated carbocycles. The maximum Gasteiger partial charge on any atom is 0.339 e. The molecule has 0 spiro atoms. The van der Waals surface area contributed by atoms with Crippen molar-refractivity contribution in [2.45, 2.75) is 19.4 Å². The molecule has 1 atom stereocenters. The van der Waals surface area contributed by atoms with Gasteiger partial charge in [-0.1, -0.05) is 18.2 Å². The van der Waals surface area contributed by atoms with Crippen molar-refractivity contribution in [3.63, 3.8) is 0 Å². The Morgan fingerprint density at radius 2 is 2.03 bits per heavy atom. The molecule has 9 heteroatoms. The Kier molecular flexibility index (Phi) is 5.29. The smallest absolute Gasteiger partial charge is 0.339 e. The SMILES string of the molecule is Cc1ccc(-c2cc(C(=O)OCC(=O)N[C@@H]3CCS(=O)(=O)C3)c3ccccc3n2)o1. The molecule has 1 aliphatic heterocycles. The first-order valence-electron chi connectivity index (χ1n) is 9.44. The van der Waals surface area contributed by atoms with E-state index in [9.17, 15) is 18.0 Å². The van der Waals surface area contributed by atoms with E-state index in [4.69, 9.17) is 9.15 Å². The highest BCUT2D eigenvalue weighted by molar-refractivity contribution is 7.91. The summed E-state index contributed by atoms with van der Waals surface area (Å²) >= 11 is 0. The summed E-state index contributed by atoms with van der Waals surface area (Å²) in [6, 6.07) is 11.8. The maximum atomic E-state index is 12.7. The third-order valence-electron chi connectivity index (χ3n) is 4.86. The van der Waals surface area contributed by atoms with Crippen LogP contribution in [-0.2, 0) is 19.4 Å². The second kappa shape index (κ2) is 7.91. The van der Waals surface area contributed by atoms with Gasteiger partial charge in [0.15, 0.2) is 22.2 Å². The first kappa shape index (κ1) is 20.1. The third-order valence-corrected chi connectivity index (χ3v) is 6.63. The van der Waals surface area contributed by atoms with Gasteiger partial charge in [-0.3, -0.25) is 4.79 Å². The van der Waals surface area contributed by atoms with Crippen molar-refractivity contribution in [1.82, 2.24) is 10.3 Å². The summed E-state index contributed by atoms with van der Waals surface area (Å²) in [6.45, 7) is 1.31. The molecule has 0 bridgehead atoms. The van der Waals surface area contributed by atoms with Crippen LogP contribution in [0, 0.1) is 6.92 Å². The number of nitrogens with zero attached hydrogens (tertiary/aromatic N) is 1. The van der Waals surface area contributed by atoms with Gasteiger partial charge in [0.1, 0.15) is 11.5 Å². The molecule has 0 aliphatic carbocycles. The molecule has 1 saturated heterocycles. The maximum absolute atomic E-state index is 12.7. The minimum atomic E-state index is -3.11. The van der Waals surface area contributed by atoms with Gasteiger partial charge in [0.25, 0.3) is 5.91 Å². The van der Waals surface area contributed by atoms with Crippen molar-refractivity contribution >= 4 is 32.6 Å². The Labute approximate surface area is 173 Å². The minimum Gasteiger partial charge on any atom is -0.460 e. The molecule has 8 nitrogen and oxygen atoms in total. The number of fused-ring (bicyclic) bond motifs is 1. The molecule has 1 aromatic carbocycles. The van der Waals surface area contributed by atoms with Gasteiger partial charge in [-0.25, -0.2) is 18.2 Å². The van der Waals surface area contributed by atoms with Crippen LogP contribution in [0.15, 0.2) is 46.9 Å². The number of sulfone groups is 1. The van der Waals surface area contributed by atoms with Crippen molar-refractivity contribution in [2.75, 3.05) is 18.1 Å². The number of benzene rings is 1. The predicted molar refractivity (Wildman–Crippen MR) is 110 cm³/mol. The van der Waals surface area contributed by atoms with Gasteiger partial charge in [-0.05, 0) is 37.6 Å². The Morgan fingerprint density at radius 1 is 1.23 bits per heavy atom. The molecule has 1 amide bonds. The van der Waals surface area contributed by atoms with E-state index >= 15 is 0 Å². The molecule has 4 rings (SSSR count). The Hall–Kier alpha value is -3.20. The Morgan fingerprint density at radius 3 is 2.73 bits per heavy atom. The zero-order valence-electron chi connectivity index (χ0n) is 16.3. The van der Waals surface area contributed by atoms with Gasteiger partial charge in [-0.2, -0.15) is 0 Å². The van der Waals surface area contributed by atoms with E-state index in [0.717, 1.165) is 5.76 Å². The number of furan rings is 1. The van der Waals surface area contributed by atoms with Gasteiger partial charge in [0, 0.05) is 11.4 Å². The zero-order chi connectivity index (χ0) is 21.3. The van der Waals surface area contributed by atoms with E-state index in [2.05, 4.69) is 10.3 Å². The van der Waals surface area contributed by atoms with E-state index in [1.54, 1.807) is 36.4 Å². The lowest BCUT2D eigenvalue weighted by Gasteiger charge is -2.12. The summed E-state index contributed by atoms with van der Waals surface area (Å²) in [5.41, 5.74) is 1.34. The van der Waals surface area contributed by atoms with Crippen LogP contribution in [0.5, 0.6) is 0 Å². The van der Waals surface area contributed by atoms with Crippen molar-refractivity contribution in [3.05, 3.63) is 53.8 Å².